The molecule has 2 aliphatic rings. The Morgan fingerprint density at radius 1 is 1.03 bits per heavy atom. The largest absolute Gasteiger partial charge is 0.357 e. The molecule has 0 aliphatic carbocycles. The van der Waals surface area contributed by atoms with Crippen LogP contribution in [-0.2, 0) is 6.54 Å². The van der Waals surface area contributed by atoms with Gasteiger partial charge in [0.15, 0.2) is 5.43 Å². The van der Waals surface area contributed by atoms with Gasteiger partial charge in [-0.2, -0.15) is 0 Å². The SMILES string of the molecule is Cc1cc(C)c2[nH]c(CN3CCCC[C@H]3CCN3CCN(C)CC3)cc(=O)c2c1. The van der Waals surface area contributed by atoms with Crippen molar-refractivity contribution < 1.29 is 0 Å². The van der Waals surface area contributed by atoms with Gasteiger partial charge in [0.25, 0.3) is 0 Å². The monoisotopic (exact) mass is 396 g/mol. The summed E-state index contributed by atoms with van der Waals surface area (Å²) in [6.45, 7) is 12.1. The van der Waals surface area contributed by atoms with Gasteiger partial charge in [-0.3, -0.25) is 9.69 Å². The molecule has 2 aromatic rings. The summed E-state index contributed by atoms with van der Waals surface area (Å²) in [5.41, 5.74) is 4.51. The molecule has 4 rings (SSSR count). The van der Waals surface area contributed by atoms with E-state index in [-0.39, 0.29) is 5.43 Å². The number of aromatic nitrogens is 1. The van der Waals surface area contributed by atoms with Crippen LogP contribution < -0.4 is 5.43 Å². The lowest BCUT2D eigenvalue weighted by Gasteiger charge is -2.38. The second-order valence-electron chi connectivity index (χ2n) is 9.22. The molecule has 1 N–H and O–H groups in total. The summed E-state index contributed by atoms with van der Waals surface area (Å²) in [4.78, 5) is 24.0. The van der Waals surface area contributed by atoms with Gasteiger partial charge in [-0.25, -0.2) is 0 Å². The number of hydrogen-bond donors (Lipinski definition) is 1. The third-order valence-corrected chi connectivity index (χ3v) is 6.83. The van der Waals surface area contributed by atoms with Gasteiger partial charge in [-0.15, -0.1) is 0 Å². The first-order valence-electron chi connectivity index (χ1n) is 11.3. The average Bonchev–Trinajstić information content (AvgIpc) is 2.69. The van der Waals surface area contributed by atoms with Crippen molar-refractivity contribution in [1.29, 1.82) is 0 Å². The van der Waals surface area contributed by atoms with Crippen molar-refractivity contribution in [3.8, 4) is 0 Å². The molecule has 5 nitrogen and oxygen atoms in total. The zero-order valence-electron chi connectivity index (χ0n) is 18.3. The van der Waals surface area contributed by atoms with Crippen LogP contribution in [0.1, 0.15) is 42.5 Å². The summed E-state index contributed by atoms with van der Waals surface area (Å²) >= 11 is 0. The first-order valence-corrected chi connectivity index (χ1v) is 11.3. The number of hydrogen-bond acceptors (Lipinski definition) is 4. The number of nitrogens with one attached hydrogen (secondary N) is 1. The van der Waals surface area contributed by atoms with E-state index in [0.717, 1.165) is 40.8 Å². The molecule has 5 heteroatoms. The van der Waals surface area contributed by atoms with Crippen LogP contribution in [0, 0.1) is 13.8 Å². The van der Waals surface area contributed by atoms with Gasteiger partial charge in [0.2, 0.25) is 0 Å². The molecule has 0 bridgehead atoms. The van der Waals surface area contributed by atoms with Gasteiger partial charge in [-0.1, -0.05) is 12.5 Å². The number of rotatable bonds is 5. The first-order chi connectivity index (χ1) is 14.0. The fourth-order valence-corrected chi connectivity index (χ4v) is 5.06. The number of piperidine rings is 1. The molecule has 0 amide bonds. The number of pyridine rings is 1. The maximum absolute atomic E-state index is 12.7. The number of nitrogens with zero attached hydrogens (tertiary/aromatic N) is 3. The Bertz CT molecular complexity index is 898. The van der Waals surface area contributed by atoms with Crippen molar-refractivity contribution in [2.75, 3.05) is 46.3 Å². The Morgan fingerprint density at radius 3 is 2.62 bits per heavy atom. The van der Waals surface area contributed by atoms with Gasteiger partial charge < -0.3 is 14.8 Å². The van der Waals surface area contributed by atoms with Crippen LogP contribution in [0.4, 0.5) is 0 Å². The van der Waals surface area contributed by atoms with Crippen LogP contribution in [0.15, 0.2) is 23.0 Å². The summed E-state index contributed by atoms with van der Waals surface area (Å²) in [6.07, 6.45) is 5.11. The molecule has 1 atom stereocenters. The van der Waals surface area contributed by atoms with Crippen LogP contribution >= 0.6 is 0 Å². The highest BCUT2D eigenvalue weighted by molar-refractivity contribution is 5.82. The lowest BCUT2D eigenvalue weighted by molar-refractivity contribution is 0.101. The second kappa shape index (κ2) is 8.99. The third-order valence-electron chi connectivity index (χ3n) is 6.83. The summed E-state index contributed by atoms with van der Waals surface area (Å²) in [6, 6.07) is 6.61. The minimum atomic E-state index is 0.145. The van der Waals surface area contributed by atoms with Crippen molar-refractivity contribution >= 4 is 10.9 Å². The van der Waals surface area contributed by atoms with Crippen molar-refractivity contribution in [2.24, 2.45) is 0 Å². The number of benzene rings is 1. The van der Waals surface area contributed by atoms with Crippen molar-refractivity contribution in [3.05, 3.63) is 45.2 Å². The van der Waals surface area contributed by atoms with Crippen LogP contribution in [0.5, 0.6) is 0 Å². The summed E-state index contributed by atoms with van der Waals surface area (Å²) in [7, 11) is 2.22. The Hall–Kier alpha value is -1.69. The summed E-state index contributed by atoms with van der Waals surface area (Å²) < 4.78 is 0. The number of fused-ring (bicyclic) bond motifs is 1. The van der Waals surface area contributed by atoms with Gasteiger partial charge in [0.1, 0.15) is 0 Å². The van der Waals surface area contributed by atoms with E-state index in [1.54, 1.807) is 0 Å². The highest BCUT2D eigenvalue weighted by Crippen LogP contribution is 2.23. The molecule has 1 aromatic carbocycles. The Kier molecular flexibility index (Phi) is 6.38. The fraction of sp³-hybridized carbons (Fsp3) is 0.625. The first kappa shape index (κ1) is 20.6. The lowest BCUT2D eigenvalue weighted by Crippen LogP contribution is -2.47. The molecule has 2 fully saturated rings. The van der Waals surface area contributed by atoms with Crippen LogP contribution in [-0.4, -0.2) is 72.0 Å². The number of likely N-dealkylation sites (N-methyl/N-ethyl adjacent to an activating group) is 1. The van der Waals surface area contributed by atoms with E-state index in [2.05, 4.69) is 46.6 Å². The number of aryl methyl sites for hydroxylation is 2. The molecule has 2 saturated heterocycles. The number of aromatic amines is 1. The maximum Gasteiger partial charge on any atom is 0.189 e. The summed E-state index contributed by atoms with van der Waals surface area (Å²) in [5.74, 6) is 0. The van der Waals surface area contributed by atoms with Gasteiger partial charge in [0.05, 0.1) is 5.52 Å². The predicted molar refractivity (Wildman–Crippen MR) is 121 cm³/mol. The fourth-order valence-electron chi connectivity index (χ4n) is 5.06. The van der Waals surface area contributed by atoms with Gasteiger partial charge >= 0.3 is 0 Å². The molecule has 2 aliphatic heterocycles. The topological polar surface area (TPSA) is 42.6 Å². The van der Waals surface area contributed by atoms with E-state index >= 15 is 0 Å². The Morgan fingerprint density at radius 2 is 1.83 bits per heavy atom. The molecular weight excluding hydrogens is 360 g/mol. The molecule has 1 aromatic heterocycles. The van der Waals surface area contributed by atoms with Crippen molar-refractivity contribution in [2.45, 2.75) is 52.1 Å². The standard InChI is InChI=1S/C24H36N4O/c1-18-14-19(2)24-22(15-18)23(29)16-20(25-24)17-28-8-5-4-6-21(28)7-9-27-12-10-26(3)11-13-27/h14-16,21H,4-13,17H2,1-3H3,(H,25,29)/t21-/m0/s1. The Balaban J connectivity index is 1.46. The van der Waals surface area contributed by atoms with Crippen molar-refractivity contribution in [3.63, 3.8) is 0 Å². The molecule has 0 unspecified atom stereocenters. The molecule has 0 saturated carbocycles. The van der Waals surface area contributed by atoms with Crippen LogP contribution in [0.3, 0.4) is 0 Å². The normalized spacial score (nSPS) is 22.4. The second-order valence-corrected chi connectivity index (χ2v) is 9.22. The lowest BCUT2D eigenvalue weighted by atomic mass is 9.98. The van der Waals surface area contributed by atoms with E-state index in [1.807, 2.05) is 12.1 Å². The average molecular weight is 397 g/mol. The van der Waals surface area contributed by atoms with E-state index < -0.39 is 0 Å². The third kappa shape index (κ3) is 4.90. The number of likely N-dealkylation sites (tertiary alicyclic amines) is 1. The smallest absolute Gasteiger partial charge is 0.189 e. The van der Waals surface area contributed by atoms with Crippen LogP contribution in [0.2, 0.25) is 0 Å². The molecule has 29 heavy (non-hydrogen) atoms. The zero-order valence-corrected chi connectivity index (χ0v) is 18.3. The molecule has 158 valence electrons. The summed E-state index contributed by atoms with van der Waals surface area (Å²) in [5, 5.41) is 0.816. The maximum atomic E-state index is 12.7. The van der Waals surface area contributed by atoms with E-state index in [4.69, 9.17) is 0 Å². The molecule has 0 radical (unpaired) electrons. The molecule has 3 heterocycles. The predicted octanol–water partition coefficient (Wildman–Crippen LogP) is 3.14. The van der Waals surface area contributed by atoms with Gasteiger partial charge in [-0.05, 0) is 70.4 Å². The Labute approximate surface area is 174 Å². The quantitative estimate of drug-likeness (QED) is 0.843. The highest BCUT2D eigenvalue weighted by Gasteiger charge is 2.24. The number of piperazine rings is 1. The minimum Gasteiger partial charge on any atom is -0.357 e. The highest BCUT2D eigenvalue weighted by atomic mass is 16.1. The van der Waals surface area contributed by atoms with E-state index in [0.29, 0.717) is 6.04 Å². The van der Waals surface area contributed by atoms with E-state index in [1.165, 1.54) is 58.4 Å². The van der Waals surface area contributed by atoms with Crippen LogP contribution in [0.25, 0.3) is 10.9 Å². The van der Waals surface area contributed by atoms with E-state index in [9.17, 15) is 4.79 Å². The van der Waals surface area contributed by atoms with Gasteiger partial charge in [0, 0.05) is 55.9 Å². The minimum absolute atomic E-state index is 0.145. The van der Waals surface area contributed by atoms with Crippen molar-refractivity contribution in [1.82, 2.24) is 19.7 Å². The molecular formula is C24H36N4O. The zero-order chi connectivity index (χ0) is 20.4. The molecule has 0 spiro atoms. The number of H-pyrrole nitrogens is 1.